The molecule has 0 aliphatic carbocycles. The first-order valence-electron chi connectivity index (χ1n) is 10.5. The highest BCUT2D eigenvalue weighted by Gasteiger charge is 2.49. The molecule has 32 heavy (non-hydrogen) atoms. The predicted molar refractivity (Wildman–Crippen MR) is 129 cm³/mol. The second kappa shape index (κ2) is 8.50. The number of carbonyl (C=O) groups excluding carboxylic acids is 1. The topological polar surface area (TPSA) is 81.9 Å². The third kappa shape index (κ3) is 3.88. The van der Waals surface area contributed by atoms with Gasteiger partial charge in [0.2, 0.25) is 0 Å². The van der Waals surface area contributed by atoms with Gasteiger partial charge in [-0.1, -0.05) is 45.6 Å². The number of hydrogen-bond donors (Lipinski definition) is 3. The number of anilines is 2. The third-order valence-corrected chi connectivity index (χ3v) is 7.38. The molecule has 2 aromatic heterocycles. The lowest BCUT2D eigenvalue weighted by Gasteiger charge is -2.51. The summed E-state index contributed by atoms with van der Waals surface area (Å²) in [5.74, 6) is -0.210. The number of fused-ring (bicyclic) bond motifs is 1. The lowest BCUT2D eigenvalue weighted by atomic mass is 9.81. The van der Waals surface area contributed by atoms with E-state index in [0.29, 0.717) is 32.6 Å². The average Bonchev–Trinajstić information content (AvgIpc) is 3.24. The molecule has 0 radical (unpaired) electrons. The number of benzene rings is 1. The highest BCUT2D eigenvalue weighted by atomic mass is 79.9. The van der Waals surface area contributed by atoms with Crippen LogP contribution in [0.15, 0.2) is 41.3 Å². The Bertz CT molecular complexity index is 1190. The summed E-state index contributed by atoms with van der Waals surface area (Å²) in [7, 11) is 0. The number of halogens is 3. The van der Waals surface area contributed by atoms with Crippen LogP contribution in [0.2, 0.25) is 10.0 Å². The fraction of sp³-hybridized carbons (Fsp3) is 0.364. The van der Waals surface area contributed by atoms with Crippen LogP contribution in [0.4, 0.5) is 11.4 Å². The molecule has 2 aliphatic heterocycles. The van der Waals surface area contributed by atoms with Gasteiger partial charge in [-0.2, -0.15) is 0 Å². The summed E-state index contributed by atoms with van der Waals surface area (Å²) < 4.78 is 2.56. The molecule has 1 aromatic carbocycles. The number of nitrogens with one attached hydrogen (secondary N) is 2. The molecule has 10 heteroatoms. The largest absolute Gasteiger partial charge is 0.385 e. The first kappa shape index (κ1) is 22.0. The number of aromatic nitrogens is 2. The number of β-amino-alcohol motifs (C(OH)–C–C–N with tert-alkyl or cyclic N) is 1. The van der Waals surface area contributed by atoms with Crippen molar-refractivity contribution in [2.45, 2.75) is 30.9 Å². The SMILES string of the molecule is O=C(c1cn2ccnc2c(Cl)c1Nc1ccc(Br)cc1Cl)N1CC(O)(C2CCCCN2)C1. The molecule has 2 aliphatic rings. The molecule has 5 rings (SSSR count). The van der Waals surface area contributed by atoms with Crippen molar-refractivity contribution < 1.29 is 9.90 Å². The fourth-order valence-corrected chi connectivity index (χ4v) is 5.51. The van der Waals surface area contributed by atoms with Crippen LogP contribution >= 0.6 is 39.1 Å². The molecule has 0 spiro atoms. The summed E-state index contributed by atoms with van der Waals surface area (Å²) in [5.41, 5.74) is 1.07. The maximum Gasteiger partial charge on any atom is 0.257 e. The summed E-state index contributed by atoms with van der Waals surface area (Å²) in [4.78, 5) is 19.4. The van der Waals surface area contributed by atoms with Crippen LogP contribution in [0, 0.1) is 0 Å². The zero-order chi connectivity index (χ0) is 22.5. The molecule has 2 fully saturated rings. The number of carbonyl (C=O) groups is 1. The summed E-state index contributed by atoms with van der Waals surface area (Å²) in [6.07, 6.45) is 8.20. The Labute approximate surface area is 203 Å². The summed E-state index contributed by atoms with van der Waals surface area (Å²) >= 11 is 16.5. The van der Waals surface area contributed by atoms with Crippen molar-refractivity contribution in [1.29, 1.82) is 0 Å². The molecule has 1 atom stereocenters. The first-order valence-corrected chi connectivity index (χ1v) is 12.0. The van der Waals surface area contributed by atoms with E-state index in [4.69, 9.17) is 23.2 Å². The summed E-state index contributed by atoms with van der Waals surface area (Å²) in [6, 6.07) is 5.44. The van der Waals surface area contributed by atoms with E-state index in [1.165, 1.54) is 0 Å². The van der Waals surface area contributed by atoms with Crippen LogP contribution in [0.1, 0.15) is 29.6 Å². The van der Waals surface area contributed by atoms with Crippen LogP contribution in [-0.4, -0.2) is 56.6 Å². The molecule has 7 nitrogen and oxygen atoms in total. The number of aliphatic hydroxyl groups is 1. The van der Waals surface area contributed by atoms with Crippen LogP contribution in [0.25, 0.3) is 5.65 Å². The van der Waals surface area contributed by atoms with Gasteiger partial charge in [-0.25, -0.2) is 4.98 Å². The highest BCUT2D eigenvalue weighted by molar-refractivity contribution is 9.10. The number of hydrogen-bond acceptors (Lipinski definition) is 5. The van der Waals surface area contributed by atoms with Crippen molar-refractivity contribution in [1.82, 2.24) is 19.6 Å². The standard InChI is InChI=1S/C22H22BrCl2N5O2/c23-13-4-5-16(15(24)9-13)28-19-14(10-29-8-7-27-20(29)18(19)25)21(31)30-11-22(32,12-30)17-3-1-2-6-26-17/h4-5,7-10,17,26,28,32H,1-3,6,11-12H2. The maximum atomic E-state index is 13.5. The van der Waals surface area contributed by atoms with Gasteiger partial charge in [0.25, 0.3) is 5.91 Å². The Morgan fingerprint density at radius 3 is 2.84 bits per heavy atom. The van der Waals surface area contributed by atoms with Crippen LogP contribution in [-0.2, 0) is 0 Å². The predicted octanol–water partition coefficient (Wildman–Crippen LogP) is 4.48. The van der Waals surface area contributed by atoms with Gasteiger partial charge in [0.05, 0.1) is 35.1 Å². The van der Waals surface area contributed by atoms with E-state index in [1.807, 2.05) is 12.1 Å². The Hall–Kier alpha value is -1.84. The van der Waals surface area contributed by atoms with Crippen molar-refractivity contribution >= 4 is 62.1 Å². The second-order valence-corrected chi connectivity index (χ2v) is 10.1. The minimum absolute atomic E-state index is 0.0131. The number of nitrogens with zero attached hydrogens (tertiary/aromatic N) is 3. The van der Waals surface area contributed by atoms with Crippen LogP contribution in [0.5, 0.6) is 0 Å². The van der Waals surface area contributed by atoms with E-state index < -0.39 is 5.60 Å². The number of amides is 1. The Kier molecular flexibility index (Phi) is 5.84. The molecule has 0 bridgehead atoms. The van der Waals surface area contributed by atoms with Crippen LogP contribution < -0.4 is 10.6 Å². The number of pyridine rings is 1. The smallest absolute Gasteiger partial charge is 0.257 e. The average molecular weight is 539 g/mol. The Morgan fingerprint density at radius 1 is 1.31 bits per heavy atom. The Morgan fingerprint density at radius 2 is 2.12 bits per heavy atom. The molecule has 3 N–H and O–H groups in total. The molecule has 4 heterocycles. The van der Waals surface area contributed by atoms with Gasteiger partial charge < -0.3 is 25.0 Å². The number of likely N-dealkylation sites (tertiary alicyclic amines) is 1. The molecule has 2 saturated heterocycles. The normalized spacial score (nSPS) is 20.2. The van der Waals surface area contributed by atoms with Crippen molar-refractivity contribution in [2.24, 2.45) is 0 Å². The van der Waals surface area contributed by atoms with E-state index in [2.05, 4.69) is 31.5 Å². The lowest BCUT2D eigenvalue weighted by Crippen LogP contribution is -2.72. The van der Waals surface area contributed by atoms with Gasteiger partial charge >= 0.3 is 0 Å². The molecule has 168 valence electrons. The van der Waals surface area contributed by atoms with Gasteiger partial charge in [0, 0.05) is 29.1 Å². The molecular formula is C22H22BrCl2N5O2. The molecule has 3 aromatic rings. The van der Waals surface area contributed by atoms with Crippen molar-refractivity contribution in [3.05, 3.63) is 56.9 Å². The van der Waals surface area contributed by atoms with Gasteiger partial charge in [0.1, 0.15) is 10.6 Å². The highest BCUT2D eigenvalue weighted by Crippen LogP contribution is 2.38. The maximum absolute atomic E-state index is 13.5. The lowest BCUT2D eigenvalue weighted by molar-refractivity contribution is -0.108. The van der Waals surface area contributed by atoms with E-state index in [1.54, 1.807) is 34.0 Å². The molecule has 0 saturated carbocycles. The van der Waals surface area contributed by atoms with Crippen molar-refractivity contribution in [3.8, 4) is 0 Å². The van der Waals surface area contributed by atoms with Gasteiger partial charge in [-0.05, 0) is 37.6 Å². The third-order valence-electron chi connectivity index (χ3n) is 6.22. The van der Waals surface area contributed by atoms with E-state index in [9.17, 15) is 9.90 Å². The quantitative estimate of drug-likeness (QED) is 0.456. The first-order chi connectivity index (χ1) is 15.4. The molecule has 1 amide bonds. The monoisotopic (exact) mass is 537 g/mol. The second-order valence-electron chi connectivity index (χ2n) is 8.41. The molecule has 1 unspecified atom stereocenters. The fourth-order valence-electron chi connectivity index (χ4n) is 4.49. The molecular weight excluding hydrogens is 517 g/mol. The van der Waals surface area contributed by atoms with E-state index in [0.717, 1.165) is 30.3 Å². The summed E-state index contributed by atoms with van der Waals surface area (Å²) in [5, 5.41) is 18.5. The van der Waals surface area contributed by atoms with Crippen LogP contribution in [0.3, 0.4) is 0 Å². The van der Waals surface area contributed by atoms with E-state index >= 15 is 0 Å². The number of imidazole rings is 1. The minimum Gasteiger partial charge on any atom is -0.385 e. The zero-order valence-corrected chi connectivity index (χ0v) is 20.2. The van der Waals surface area contributed by atoms with E-state index in [-0.39, 0.29) is 25.0 Å². The van der Waals surface area contributed by atoms with Gasteiger partial charge in [-0.15, -0.1) is 0 Å². The summed E-state index contributed by atoms with van der Waals surface area (Å²) in [6.45, 7) is 1.46. The number of piperidine rings is 1. The number of rotatable bonds is 4. The minimum atomic E-state index is -0.901. The van der Waals surface area contributed by atoms with Crippen molar-refractivity contribution in [2.75, 3.05) is 25.0 Å². The van der Waals surface area contributed by atoms with Crippen molar-refractivity contribution in [3.63, 3.8) is 0 Å². The van der Waals surface area contributed by atoms with Gasteiger partial charge in [-0.3, -0.25) is 4.79 Å². The zero-order valence-electron chi connectivity index (χ0n) is 17.1. The van der Waals surface area contributed by atoms with Gasteiger partial charge in [0.15, 0.2) is 5.65 Å². The Balaban J connectivity index is 1.46.